The molecule has 0 saturated carbocycles. The Balaban J connectivity index is 3.08. The third kappa shape index (κ3) is 2.26. The maximum absolute atomic E-state index is 5.83. The third-order valence-corrected chi connectivity index (χ3v) is 2.13. The van der Waals surface area contributed by atoms with Crippen molar-refractivity contribution < 1.29 is 0 Å². The van der Waals surface area contributed by atoms with Crippen LogP contribution in [0.25, 0.3) is 5.57 Å². The van der Waals surface area contributed by atoms with Gasteiger partial charge in [-0.05, 0) is 35.8 Å². The smallest absolute Gasteiger partial charge is 0.0426 e. The van der Waals surface area contributed by atoms with Crippen molar-refractivity contribution in [2.75, 3.05) is 0 Å². The molecule has 2 heteroatoms. The molecule has 0 bridgehead atoms. The molecule has 0 spiro atoms. The number of allylic oxidation sites excluding steroid dienone is 1. The summed E-state index contributed by atoms with van der Waals surface area (Å²) >= 11 is 11.7. The fraction of sp³-hybridized carbons (Fsp3) is 0.200. The van der Waals surface area contributed by atoms with Crippen molar-refractivity contribution in [2.24, 2.45) is 0 Å². The second-order valence-corrected chi connectivity index (χ2v) is 3.49. The number of halogens is 2. The summed E-state index contributed by atoms with van der Waals surface area (Å²) < 4.78 is 0. The molecule has 12 heavy (non-hydrogen) atoms. The van der Waals surface area contributed by atoms with Crippen LogP contribution >= 0.6 is 23.2 Å². The van der Waals surface area contributed by atoms with Gasteiger partial charge in [0.1, 0.15) is 0 Å². The maximum atomic E-state index is 5.83. The summed E-state index contributed by atoms with van der Waals surface area (Å²) in [6.07, 6.45) is 0.913. The lowest BCUT2D eigenvalue weighted by Gasteiger charge is -2.03. The fourth-order valence-corrected chi connectivity index (χ4v) is 1.49. The van der Waals surface area contributed by atoms with E-state index in [0.717, 1.165) is 17.6 Å². The molecular formula is C10H10Cl2. The van der Waals surface area contributed by atoms with Gasteiger partial charge in [-0.25, -0.2) is 0 Å². The van der Waals surface area contributed by atoms with Gasteiger partial charge in [0.15, 0.2) is 0 Å². The van der Waals surface area contributed by atoms with Crippen molar-refractivity contribution in [2.45, 2.75) is 13.3 Å². The second kappa shape index (κ2) is 3.97. The molecule has 1 rings (SSSR count). The number of hydrogen-bond acceptors (Lipinski definition) is 0. The molecule has 0 fully saturated rings. The van der Waals surface area contributed by atoms with E-state index in [1.54, 1.807) is 6.07 Å². The molecule has 0 nitrogen and oxygen atoms in total. The molecule has 0 unspecified atom stereocenters. The zero-order chi connectivity index (χ0) is 9.14. The average molecular weight is 201 g/mol. The lowest BCUT2D eigenvalue weighted by molar-refractivity contribution is 1.24. The largest absolute Gasteiger partial charge is 0.0952 e. The van der Waals surface area contributed by atoms with Gasteiger partial charge in [-0.15, -0.1) is 0 Å². The summed E-state index contributed by atoms with van der Waals surface area (Å²) in [5.74, 6) is 0. The van der Waals surface area contributed by atoms with Gasteiger partial charge < -0.3 is 0 Å². The van der Waals surface area contributed by atoms with E-state index < -0.39 is 0 Å². The predicted octanol–water partition coefficient (Wildman–Crippen LogP) is 4.42. The van der Waals surface area contributed by atoms with Crippen LogP contribution in [-0.4, -0.2) is 0 Å². The normalized spacial score (nSPS) is 9.92. The standard InChI is InChI=1S/C10H10Cl2/c1-3-7(2)8-4-9(11)6-10(12)5-8/h4-6H,2-3H2,1H3. The predicted molar refractivity (Wildman–Crippen MR) is 55.8 cm³/mol. The molecule has 1 aromatic carbocycles. The van der Waals surface area contributed by atoms with E-state index >= 15 is 0 Å². The van der Waals surface area contributed by atoms with Crippen LogP contribution in [0.3, 0.4) is 0 Å². The molecule has 0 aliphatic heterocycles. The number of benzene rings is 1. The molecule has 0 atom stereocenters. The van der Waals surface area contributed by atoms with Gasteiger partial charge in [0.05, 0.1) is 0 Å². The van der Waals surface area contributed by atoms with Crippen LogP contribution in [0, 0.1) is 0 Å². The molecule has 0 saturated heterocycles. The van der Waals surface area contributed by atoms with Gasteiger partial charge in [0, 0.05) is 10.0 Å². The van der Waals surface area contributed by atoms with Crippen LogP contribution in [-0.2, 0) is 0 Å². The summed E-state index contributed by atoms with van der Waals surface area (Å²) in [4.78, 5) is 0. The number of rotatable bonds is 2. The fourth-order valence-electron chi connectivity index (χ4n) is 0.962. The lowest BCUT2D eigenvalue weighted by Crippen LogP contribution is -1.80. The topological polar surface area (TPSA) is 0 Å². The van der Waals surface area contributed by atoms with E-state index in [1.807, 2.05) is 12.1 Å². The minimum Gasteiger partial charge on any atom is -0.0952 e. The van der Waals surface area contributed by atoms with Crippen molar-refractivity contribution in [3.8, 4) is 0 Å². The van der Waals surface area contributed by atoms with Crippen LogP contribution in [0.5, 0.6) is 0 Å². The highest BCUT2D eigenvalue weighted by Crippen LogP contribution is 2.24. The summed E-state index contributed by atoms with van der Waals surface area (Å²) in [5, 5.41) is 1.32. The van der Waals surface area contributed by atoms with Crippen molar-refractivity contribution in [1.82, 2.24) is 0 Å². The second-order valence-electron chi connectivity index (χ2n) is 2.62. The molecule has 0 amide bonds. The Morgan fingerprint density at radius 3 is 2.17 bits per heavy atom. The zero-order valence-electron chi connectivity index (χ0n) is 6.90. The van der Waals surface area contributed by atoms with Gasteiger partial charge in [0.2, 0.25) is 0 Å². The summed E-state index contributed by atoms with van der Waals surface area (Å²) in [6, 6.07) is 5.47. The molecule has 0 heterocycles. The molecule has 0 N–H and O–H groups in total. The molecule has 0 aromatic heterocycles. The average Bonchev–Trinajstić information content (AvgIpc) is 2.01. The highest BCUT2D eigenvalue weighted by Gasteiger charge is 1.99. The number of hydrogen-bond donors (Lipinski definition) is 0. The maximum Gasteiger partial charge on any atom is 0.0426 e. The summed E-state index contributed by atoms with van der Waals surface area (Å²) in [5.41, 5.74) is 2.08. The highest BCUT2D eigenvalue weighted by atomic mass is 35.5. The van der Waals surface area contributed by atoms with E-state index in [9.17, 15) is 0 Å². The first kappa shape index (κ1) is 9.63. The molecular weight excluding hydrogens is 191 g/mol. The van der Waals surface area contributed by atoms with Gasteiger partial charge in [0.25, 0.3) is 0 Å². The lowest BCUT2D eigenvalue weighted by atomic mass is 10.1. The van der Waals surface area contributed by atoms with E-state index in [4.69, 9.17) is 23.2 Å². The molecule has 64 valence electrons. The Morgan fingerprint density at radius 2 is 1.75 bits per heavy atom. The van der Waals surface area contributed by atoms with Crippen LogP contribution < -0.4 is 0 Å². The van der Waals surface area contributed by atoms with E-state index in [0.29, 0.717) is 10.0 Å². The van der Waals surface area contributed by atoms with Crippen molar-refractivity contribution in [1.29, 1.82) is 0 Å². The molecule has 1 aromatic rings. The van der Waals surface area contributed by atoms with Gasteiger partial charge in [-0.1, -0.05) is 36.7 Å². The Kier molecular flexibility index (Phi) is 3.19. The first-order valence-corrected chi connectivity index (χ1v) is 4.53. The molecule has 0 aliphatic rings. The van der Waals surface area contributed by atoms with Crippen LogP contribution in [0.1, 0.15) is 18.9 Å². The van der Waals surface area contributed by atoms with Crippen molar-refractivity contribution >= 4 is 28.8 Å². The Labute approximate surface area is 82.8 Å². The quantitative estimate of drug-likeness (QED) is 0.664. The Hall–Kier alpha value is -0.460. The zero-order valence-corrected chi connectivity index (χ0v) is 8.41. The summed E-state index contributed by atoms with van der Waals surface area (Å²) in [6.45, 7) is 5.96. The molecule has 0 radical (unpaired) electrons. The van der Waals surface area contributed by atoms with E-state index in [-0.39, 0.29) is 0 Å². The first-order chi connectivity index (χ1) is 5.63. The SMILES string of the molecule is C=C(CC)c1cc(Cl)cc(Cl)c1. The van der Waals surface area contributed by atoms with Crippen LogP contribution in [0.15, 0.2) is 24.8 Å². The monoisotopic (exact) mass is 200 g/mol. The van der Waals surface area contributed by atoms with Crippen LogP contribution in [0.4, 0.5) is 0 Å². The van der Waals surface area contributed by atoms with E-state index in [1.165, 1.54) is 0 Å². The van der Waals surface area contributed by atoms with Crippen molar-refractivity contribution in [3.63, 3.8) is 0 Å². The van der Waals surface area contributed by atoms with Gasteiger partial charge in [-0.3, -0.25) is 0 Å². The Bertz CT molecular complexity index is 282. The first-order valence-electron chi connectivity index (χ1n) is 3.77. The van der Waals surface area contributed by atoms with E-state index in [2.05, 4.69) is 13.5 Å². The Morgan fingerprint density at radius 1 is 1.25 bits per heavy atom. The molecule has 0 aliphatic carbocycles. The highest BCUT2D eigenvalue weighted by molar-refractivity contribution is 6.34. The minimum atomic E-state index is 0.659. The minimum absolute atomic E-state index is 0.659. The van der Waals surface area contributed by atoms with Crippen molar-refractivity contribution in [3.05, 3.63) is 40.4 Å². The third-order valence-electron chi connectivity index (χ3n) is 1.70. The van der Waals surface area contributed by atoms with Gasteiger partial charge >= 0.3 is 0 Å². The van der Waals surface area contributed by atoms with Gasteiger partial charge in [-0.2, -0.15) is 0 Å². The van der Waals surface area contributed by atoms with Crippen LogP contribution in [0.2, 0.25) is 10.0 Å². The summed E-state index contributed by atoms with van der Waals surface area (Å²) in [7, 11) is 0.